The van der Waals surface area contributed by atoms with E-state index in [4.69, 9.17) is 13.3 Å². The molecule has 0 aromatic heterocycles. The lowest BCUT2D eigenvalue weighted by Gasteiger charge is -2.24. The predicted octanol–water partition coefficient (Wildman–Crippen LogP) is 2.45. The van der Waals surface area contributed by atoms with Gasteiger partial charge in [0.25, 0.3) is 0 Å². The molecule has 0 fully saturated rings. The van der Waals surface area contributed by atoms with Crippen LogP contribution in [0.3, 0.4) is 0 Å². The summed E-state index contributed by atoms with van der Waals surface area (Å²) in [4.78, 5) is 9.75. The second kappa shape index (κ2) is 12.5. The van der Waals surface area contributed by atoms with Crippen LogP contribution in [0.5, 0.6) is 0 Å². The van der Waals surface area contributed by atoms with Crippen molar-refractivity contribution < 1.29 is 22.8 Å². The molecule has 0 saturated carbocycles. The Morgan fingerprint density at radius 2 is 1.44 bits per heavy atom. The van der Waals surface area contributed by atoms with Gasteiger partial charge in [0, 0.05) is 26.7 Å². The molecule has 0 N–H and O–H groups in total. The zero-order valence-electron chi connectivity index (χ0n) is 11.7. The molecule has 0 rings (SSSR count). The Labute approximate surface area is 111 Å². The monoisotopic (exact) mass is 276 g/mol. The first kappa shape index (κ1) is 19.4. The Hall–Kier alpha value is -0.953. The molecule has 0 aliphatic heterocycles. The van der Waals surface area contributed by atoms with Gasteiger partial charge in [-0.25, -0.2) is 0 Å². The molecule has 6 heteroatoms. The zero-order chi connectivity index (χ0) is 14.4. The molecule has 0 heterocycles. The standard InChI is InChI=1S/C8H18O3Si.C4H6O2/c1-5-9-12(8-4,10-6-2)11-7-3;1-3-6-4(2)5/h8H,4-7H2,1-3H3;3H,1H2,2H3. The molecule has 0 aromatic carbocycles. The molecule has 0 radical (unpaired) electrons. The fourth-order valence-corrected chi connectivity index (χ4v) is 2.83. The molecule has 0 spiro atoms. The molecular formula is C12H24O5Si. The highest BCUT2D eigenvalue weighted by atomic mass is 28.4. The average molecular weight is 276 g/mol. The highest BCUT2D eigenvalue weighted by Crippen LogP contribution is 2.10. The highest BCUT2D eigenvalue weighted by molar-refractivity contribution is 6.66. The molecule has 0 unspecified atom stereocenters. The Balaban J connectivity index is 0. The fourth-order valence-electron chi connectivity index (χ4n) is 1.02. The van der Waals surface area contributed by atoms with E-state index in [2.05, 4.69) is 17.9 Å². The normalized spacial score (nSPS) is 10.0. The van der Waals surface area contributed by atoms with Crippen molar-refractivity contribution in [3.8, 4) is 0 Å². The van der Waals surface area contributed by atoms with Crippen LogP contribution in [0.4, 0.5) is 0 Å². The Kier molecular flexibility index (Phi) is 13.5. The van der Waals surface area contributed by atoms with Gasteiger partial charge in [-0.05, 0) is 26.5 Å². The third-order valence-corrected chi connectivity index (χ3v) is 4.11. The van der Waals surface area contributed by atoms with Gasteiger partial charge < -0.3 is 18.0 Å². The molecule has 106 valence electrons. The number of carbonyl (C=O) groups excluding carboxylic acids is 1. The second-order valence-corrected chi connectivity index (χ2v) is 5.36. The summed E-state index contributed by atoms with van der Waals surface area (Å²) in [6.45, 7) is 15.7. The number of hydrogen-bond acceptors (Lipinski definition) is 5. The molecule has 0 aromatic rings. The first-order chi connectivity index (χ1) is 8.51. The Bertz CT molecular complexity index is 226. The van der Waals surface area contributed by atoms with Gasteiger partial charge >= 0.3 is 14.8 Å². The Morgan fingerprint density at radius 3 is 1.56 bits per heavy atom. The van der Waals surface area contributed by atoms with Gasteiger partial charge in [-0.15, -0.1) is 0 Å². The summed E-state index contributed by atoms with van der Waals surface area (Å²) in [5, 5.41) is 0. The summed E-state index contributed by atoms with van der Waals surface area (Å²) in [5.74, 6) is -0.329. The second-order valence-electron chi connectivity index (χ2n) is 2.88. The van der Waals surface area contributed by atoms with Crippen molar-refractivity contribution in [1.82, 2.24) is 0 Å². The van der Waals surface area contributed by atoms with Crippen molar-refractivity contribution in [1.29, 1.82) is 0 Å². The molecule has 0 bridgehead atoms. The van der Waals surface area contributed by atoms with E-state index >= 15 is 0 Å². The third-order valence-electron chi connectivity index (χ3n) is 1.54. The van der Waals surface area contributed by atoms with E-state index in [1.165, 1.54) is 6.92 Å². The molecule has 0 saturated heterocycles. The van der Waals surface area contributed by atoms with Crippen LogP contribution < -0.4 is 0 Å². The fraction of sp³-hybridized carbons (Fsp3) is 0.583. The molecule has 0 aliphatic rings. The van der Waals surface area contributed by atoms with Gasteiger partial charge in [0.1, 0.15) is 0 Å². The first-order valence-corrected chi connectivity index (χ1v) is 7.65. The van der Waals surface area contributed by atoms with Crippen molar-refractivity contribution in [2.75, 3.05) is 19.8 Å². The number of carbonyl (C=O) groups is 1. The van der Waals surface area contributed by atoms with E-state index in [1.807, 2.05) is 20.8 Å². The maximum absolute atomic E-state index is 9.75. The molecule has 0 aliphatic carbocycles. The largest absolute Gasteiger partial charge is 0.528 e. The van der Waals surface area contributed by atoms with E-state index in [1.54, 1.807) is 5.70 Å². The lowest BCUT2D eigenvalue weighted by atomic mass is 10.8. The van der Waals surface area contributed by atoms with Gasteiger partial charge in [-0.2, -0.15) is 0 Å². The smallest absolute Gasteiger partial charge is 0.435 e. The summed E-state index contributed by atoms with van der Waals surface area (Å²) in [6, 6.07) is 0. The molecule has 0 atom stereocenters. The number of hydrogen-bond donors (Lipinski definition) is 0. The lowest BCUT2D eigenvalue weighted by molar-refractivity contribution is -0.135. The van der Waals surface area contributed by atoms with E-state index in [0.29, 0.717) is 19.8 Å². The van der Waals surface area contributed by atoms with E-state index in [0.717, 1.165) is 6.26 Å². The summed E-state index contributed by atoms with van der Waals surface area (Å²) in [7, 11) is -2.51. The van der Waals surface area contributed by atoms with Crippen LogP contribution in [-0.2, 0) is 22.8 Å². The summed E-state index contributed by atoms with van der Waals surface area (Å²) >= 11 is 0. The molecule has 0 amide bonds. The van der Waals surface area contributed by atoms with Crippen molar-refractivity contribution in [2.45, 2.75) is 27.7 Å². The van der Waals surface area contributed by atoms with E-state index in [-0.39, 0.29) is 5.97 Å². The van der Waals surface area contributed by atoms with Crippen LogP contribution in [0, 0.1) is 0 Å². The van der Waals surface area contributed by atoms with Crippen molar-refractivity contribution in [2.24, 2.45) is 0 Å². The van der Waals surface area contributed by atoms with Gasteiger partial charge in [0.2, 0.25) is 0 Å². The molecule has 18 heavy (non-hydrogen) atoms. The minimum Gasteiger partial charge on any atom is -0.435 e. The number of esters is 1. The van der Waals surface area contributed by atoms with Gasteiger partial charge in [0.15, 0.2) is 0 Å². The number of ether oxygens (including phenoxy) is 1. The predicted molar refractivity (Wildman–Crippen MR) is 72.8 cm³/mol. The summed E-state index contributed by atoms with van der Waals surface area (Å²) in [6.07, 6.45) is 1.10. The van der Waals surface area contributed by atoms with Crippen LogP contribution in [0.2, 0.25) is 0 Å². The van der Waals surface area contributed by atoms with Crippen LogP contribution in [0.25, 0.3) is 0 Å². The topological polar surface area (TPSA) is 54.0 Å². The zero-order valence-corrected chi connectivity index (χ0v) is 12.7. The average Bonchev–Trinajstić information content (AvgIpc) is 2.30. The molecular weight excluding hydrogens is 252 g/mol. The SMILES string of the molecule is C=COC(C)=O.C=C[Si](OCC)(OCC)OCC. The van der Waals surface area contributed by atoms with Gasteiger partial charge in [-0.1, -0.05) is 13.2 Å². The lowest BCUT2D eigenvalue weighted by Crippen LogP contribution is -2.44. The van der Waals surface area contributed by atoms with Crippen molar-refractivity contribution in [3.05, 3.63) is 25.1 Å². The quantitative estimate of drug-likeness (QED) is 0.387. The summed E-state index contributed by atoms with van der Waals surface area (Å²) < 4.78 is 20.5. The maximum atomic E-state index is 9.75. The third kappa shape index (κ3) is 10.2. The number of rotatable bonds is 8. The maximum Gasteiger partial charge on any atom is 0.528 e. The first-order valence-electron chi connectivity index (χ1n) is 5.85. The van der Waals surface area contributed by atoms with Crippen LogP contribution in [0.1, 0.15) is 27.7 Å². The minimum atomic E-state index is -2.51. The Morgan fingerprint density at radius 1 is 1.06 bits per heavy atom. The highest BCUT2D eigenvalue weighted by Gasteiger charge is 2.36. The van der Waals surface area contributed by atoms with Crippen LogP contribution >= 0.6 is 0 Å². The van der Waals surface area contributed by atoms with E-state index in [9.17, 15) is 4.79 Å². The molecule has 5 nitrogen and oxygen atoms in total. The van der Waals surface area contributed by atoms with E-state index < -0.39 is 8.80 Å². The summed E-state index contributed by atoms with van der Waals surface area (Å²) in [5.41, 5.74) is 1.67. The minimum absolute atomic E-state index is 0.329. The van der Waals surface area contributed by atoms with Gasteiger partial charge in [0.05, 0.1) is 6.26 Å². The van der Waals surface area contributed by atoms with Crippen molar-refractivity contribution >= 4 is 14.8 Å². The van der Waals surface area contributed by atoms with Crippen LogP contribution in [-0.4, -0.2) is 34.6 Å². The van der Waals surface area contributed by atoms with Crippen LogP contribution in [0.15, 0.2) is 25.1 Å². The van der Waals surface area contributed by atoms with Gasteiger partial charge in [-0.3, -0.25) is 4.79 Å². The van der Waals surface area contributed by atoms with Crippen molar-refractivity contribution in [3.63, 3.8) is 0 Å².